The van der Waals surface area contributed by atoms with E-state index in [0.29, 0.717) is 12.3 Å². The molecule has 0 saturated heterocycles. The number of hydrogen-bond donors (Lipinski definition) is 1. The molecule has 28 heavy (non-hydrogen) atoms. The van der Waals surface area contributed by atoms with E-state index in [1.807, 2.05) is 39.0 Å². The van der Waals surface area contributed by atoms with Gasteiger partial charge in [0.15, 0.2) is 0 Å². The van der Waals surface area contributed by atoms with Crippen LogP contribution in [0.3, 0.4) is 0 Å². The number of thiol groups is 1. The fraction of sp³-hybridized carbons (Fsp3) is 0.286. The van der Waals surface area contributed by atoms with E-state index in [-0.39, 0.29) is 5.92 Å². The summed E-state index contributed by atoms with van der Waals surface area (Å²) in [7, 11) is 0. The highest BCUT2D eigenvalue weighted by molar-refractivity contribution is 7.80. The number of ether oxygens (including phenoxy) is 1. The van der Waals surface area contributed by atoms with Crippen LogP contribution < -0.4 is 4.74 Å². The Balaban J connectivity index is 1.84. The molecule has 3 nitrogen and oxygen atoms in total. The number of benzene rings is 2. The van der Waals surface area contributed by atoms with Crippen molar-refractivity contribution in [2.45, 2.75) is 44.4 Å². The van der Waals surface area contributed by atoms with Crippen molar-refractivity contribution in [3.63, 3.8) is 0 Å². The van der Waals surface area contributed by atoms with Crippen molar-refractivity contribution in [2.24, 2.45) is 0 Å². The van der Waals surface area contributed by atoms with Crippen LogP contribution in [0.1, 0.15) is 42.1 Å². The topological polar surface area (TPSA) is 27.1 Å². The lowest BCUT2D eigenvalue weighted by Crippen LogP contribution is -2.05. The average Bonchev–Trinajstić information content (AvgIpc) is 3.07. The molecule has 7 heteroatoms. The van der Waals surface area contributed by atoms with Gasteiger partial charge in [0, 0.05) is 16.7 Å². The number of aromatic nitrogens is 2. The zero-order chi connectivity index (χ0) is 20.5. The minimum absolute atomic E-state index is 0.149. The first kappa shape index (κ1) is 20.3. The molecule has 0 aliphatic heterocycles. The zero-order valence-corrected chi connectivity index (χ0v) is 16.7. The number of hydrogen-bond acceptors (Lipinski definition) is 3. The molecular weight excluding hydrogens is 385 g/mol. The summed E-state index contributed by atoms with van der Waals surface area (Å²) in [5.41, 5.74) is 2.64. The van der Waals surface area contributed by atoms with Gasteiger partial charge in [0.05, 0.1) is 16.9 Å². The van der Waals surface area contributed by atoms with Gasteiger partial charge in [-0.3, -0.25) is 0 Å². The first-order valence-electron chi connectivity index (χ1n) is 8.83. The molecule has 0 fully saturated rings. The Morgan fingerprint density at radius 3 is 2.36 bits per heavy atom. The summed E-state index contributed by atoms with van der Waals surface area (Å²) in [6, 6.07) is 10.6. The first-order chi connectivity index (χ1) is 13.1. The summed E-state index contributed by atoms with van der Waals surface area (Å²) in [6.45, 7) is 6.31. The quantitative estimate of drug-likeness (QED) is 0.512. The number of halogens is 3. The van der Waals surface area contributed by atoms with Gasteiger partial charge in [0.1, 0.15) is 12.4 Å². The molecule has 0 spiro atoms. The van der Waals surface area contributed by atoms with Gasteiger partial charge in [0.2, 0.25) is 0 Å². The van der Waals surface area contributed by atoms with Crippen molar-refractivity contribution in [2.75, 3.05) is 0 Å². The Bertz CT molecular complexity index is 963. The zero-order valence-electron chi connectivity index (χ0n) is 15.8. The van der Waals surface area contributed by atoms with Crippen LogP contribution in [0.25, 0.3) is 5.69 Å². The van der Waals surface area contributed by atoms with E-state index in [4.69, 9.17) is 4.74 Å². The molecular formula is C21H21F3N2OS. The van der Waals surface area contributed by atoms with Crippen LogP contribution >= 0.6 is 12.6 Å². The Hall–Kier alpha value is -2.41. The van der Waals surface area contributed by atoms with Crippen LogP contribution in [0.4, 0.5) is 13.2 Å². The third-order valence-electron chi connectivity index (χ3n) is 4.39. The first-order valence-corrected chi connectivity index (χ1v) is 9.28. The molecule has 2 aromatic carbocycles. The minimum Gasteiger partial charge on any atom is -0.489 e. The lowest BCUT2D eigenvalue weighted by atomic mass is 10.1. The van der Waals surface area contributed by atoms with Crippen molar-refractivity contribution >= 4 is 12.6 Å². The Labute approximate surface area is 167 Å². The van der Waals surface area contributed by atoms with Gasteiger partial charge < -0.3 is 4.74 Å². The monoisotopic (exact) mass is 406 g/mol. The molecule has 1 heterocycles. The molecule has 3 aromatic rings. The van der Waals surface area contributed by atoms with E-state index in [1.165, 1.54) is 12.1 Å². The van der Waals surface area contributed by atoms with E-state index in [0.717, 1.165) is 39.6 Å². The third kappa shape index (κ3) is 4.52. The van der Waals surface area contributed by atoms with Gasteiger partial charge in [-0.25, -0.2) is 4.68 Å². The number of nitrogens with zero attached hydrogens (tertiary/aromatic N) is 2. The fourth-order valence-corrected chi connectivity index (χ4v) is 2.97. The molecule has 0 aliphatic carbocycles. The highest BCUT2D eigenvalue weighted by Gasteiger charge is 2.30. The highest BCUT2D eigenvalue weighted by atomic mass is 32.1. The molecule has 0 unspecified atom stereocenters. The van der Waals surface area contributed by atoms with Gasteiger partial charge in [-0.15, -0.1) is 12.6 Å². The second-order valence-electron chi connectivity index (χ2n) is 6.92. The molecule has 0 bridgehead atoms. The van der Waals surface area contributed by atoms with Crippen LogP contribution in [-0.4, -0.2) is 9.78 Å². The fourth-order valence-electron chi connectivity index (χ4n) is 2.83. The van der Waals surface area contributed by atoms with E-state index in [1.54, 1.807) is 10.9 Å². The Morgan fingerprint density at radius 2 is 1.79 bits per heavy atom. The van der Waals surface area contributed by atoms with E-state index >= 15 is 0 Å². The second-order valence-corrected chi connectivity index (χ2v) is 7.40. The largest absolute Gasteiger partial charge is 0.489 e. The van der Waals surface area contributed by atoms with E-state index < -0.39 is 11.7 Å². The maximum Gasteiger partial charge on any atom is 0.416 e. The molecule has 1 aromatic heterocycles. The molecule has 0 saturated carbocycles. The minimum atomic E-state index is -4.36. The maximum absolute atomic E-state index is 12.8. The number of aryl methyl sites for hydroxylation is 1. The third-order valence-corrected chi connectivity index (χ3v) is 4.89. The van der Waals surface area contributed by atoms with Crippen LogP contribution in [0.2, 0.25) is 0 Å². The van der Waals surface area contributed by atoms with E-state index in [2.05, 4.69) is 17.7 Å². The SMILES string of the molecule is Cc1cc(OCc2cn(-c3ccc(C(F)(F)F)cc3)nc2C(C)C)ccc1S. The van der Waals surface area contributed by atoms with Gasteiger partial charge in [0.25, 0.3) is 0 Å². The predicted octanol–water partition coefficient (Wildman–Crippen LogP) is 6.19. The summed E-state index contributed by atoms with van der Waals surface area (Å²) in [6.07, 6.45) is -2.55. The lowest BCUT2D eigenvalue weighted by Gasteiger charge is -2.09. The summed E-state index contributed by atoms with van der Waals surface area (Å²) in [5, 5.41) is 4.56. The van der Waals surface area contributed by atoms with Crippen molar-refractivity contribution < 1.29 is 17.9 Å². The molecule has 0 aliphatic rings. The van der Waals surface area contributed by atoms with Crippen LogP contribution in [0.15, 0.2) is 53.6 Å². The van der Waals surface area contributed by atoms with Crippen LogP contribution in [-0.2, 0) is 12.8 Å². The van der Waals surface area contributed by atoms with Crippen molar-refractivity contribution in [3.05, 3.63) is 71.0 Å². The normalized spacial score (nSPS) is 11.9. The van der Waals surface area contributed by atoms with Gasteiger partial charge in [-0.1, -0.05) is 13.8 Å². The van der Waals surface area contributed by atoms with Gasteiger partial charge in [-0.05, 0) is 60.9 Å². The van der Waals surface area contributed by atoms with E-state index in [9.17, 15) is 13.2 Å². The summed E-state index contributed by atoms with van der Waals surface area (Å²) < 4.78 is 45.8. The van der Waals surface area contributed by atoms with Crippen LogP contribution in [0.5, 0.6) is 5.75 Å². The number of alkyl halides is 3. The van der Waals surface area contributed by atoms with Gasteiger partial charge >= 0.3 is 6.18 Å². The maximum atomic E-state index is 12.8. The standard InChI is InChI=1S/C21H21F3N2OS/c1-13(2)20-15(12-27-18-8-9-19(28)14(3)10-18)11-26(25-20)17-6-4-16(5-7-17)21(22,23)24/h4-11,13,28H,12H2,1-3H3. The Morgan fingerprint density at radius 1 is 1.11 bits per heavy atom. The molecule has 0 radical (unpaired) electrons. The Kier molecular flexibility index (Phi) is 5.74. The smallest absolute Gasteiger partial charge is 0.416 e. The van der Waals surface area contributed by atoms with Crippen molar-refractivity contribution in [3.8, 4) is 11.4 Å². The summed E-state index contributed by atoms with van der Waals surface area (Å²) >= 11 is 4.36. The second kappa shape index (κ2) is 7.91. The van der Waals surface area contributed by atoms with Gasteiger partial charge in [-0.2, -0.15) is 18.3 Å². The number of rotatable bonds is 5. The summed E-state index contributed by atoms with van der Waals surface area (Å²) in [4.78, 5) is 0.894. The van der Waals surface area contributed by atoms with Crippen molar-refractivity contribution in [1.29, 1.82) is 0 Å². The molecule has 0 amide bonds. The highest BCUT2D eigenvalue weighted by Crippen LogP contribution is 2.30. The molecule has 0 atom stereocenters. The molecule has 0 N–H and O–H groups in total. The lowest BCUT2D eigenvalue weighted by molar-refractivity contribution is -0.137. The summed E-state index contributed by atoms with van der Waals surface area (Å²) in [5.74, 6) is 0.878. The molecule has 3 rings (SSSR count). The predicted molar refractivity (Wildman–Crippen MR) is 105 cm³/mol. The van der Waals surface area contributed by atoms with Crippen LogP contribution in [0, 0.1) is 6.92 Å². The molecule has 148 valence electrons. The average molecular weight is 406 g/mol. The van der Waals surface area contributed by atoms with Crippen molar-refractivity contribution in [1.82, 2.24) is 9.78 Å².